The standard InChI is InChI=1S/C13H12F3N3O6/c14-13(15,16)11(23)18-2-4-1-5(3-25-12(17)24)7(10(21)22)19-6(4)8(18)9(19)20/h4,6,8H,1-3H2,(H2,17,24)(H,21,22)/t4-,6-,8+/m1/s1. The first kappa shape index (κ1) is 17.0. The number of nitrogens with two attached hydrogens (primary N) is 1. The number of halogens is 3. The van der Waals surface area contributed by atoms with E-state index in [1.165, 1.54) is 0 Å². The first-order chi connectivity index (χ1) is 11.5. The number of hydrogen-bond donors (Lipinski definition) is 2. The molecule has 3 heterocycles. The summed E-state index contributed by atoms with van der Waals surface area (Å²) >= 11 is 0. The monoisotopic (exact) mass is 363 g/mol. The summed E-state index contributed by atoms with van der Waals surface area (Å²) in [4.78, 5) is 47.2. The first-order valence-corrected chi connectivity index (χ1v) is 7.12. The molecule has 3 aliphatic heterocycles. The van der Waals surface area contributed by atoms with Crippen LogP contribution in [-0.4, -0.2) is 70.2 Å². The summed E-state index contributed by atoms with van der Waals surface area (Å²) in [6.45, 7) is -0.843. The highest BCUT2D eigenvalue weighted by Crippen LogP contribution is 2.47. The summed E-state index contributed by atoms with van der Waals surface area (Å²) in [6, 6.07) is -2.16. The van der Waals surface area contributed by atoms with Crippen molar-refractivity contribution in [2.75, 3.05) is 13.2 Å². The Morgan fingerprint density at radius 3 is 2.48 bits per heavy atom. The van der Waals surface area contributed by atoms with Crippen molar-refractivity contribution in [1.29, 1.82) is 0 Å². The summed E-state index contributed by atoms with van der Waals surface area (Å²) in [6.07, 6.45) is -6.32. The molecule has 0 aromatic carbocycles. The van der Waals surface area contributed by atoms with Gasteiger partial charge in [-0.05, 0) is 12.0 Å². The predicted octanol–water partition coefficient (Wildman–Crippen LogP) is -0.576. The number of carboxylic acids is 1. The molecule has 3 atom stereocenters. The first-order valence-electron chi connectivity index (χ1n) is 7.12. The van der Waals surface area contributed by atoms with Crippen molar-refractivity contribution in [1.82, 2.24) is 9.80 Å². The average molecular weight is 363 g/mol. The Balaban J connectivity index is 1.91. The number of hydrogen-bond acceptors (Lipinski definition) is 5. The molecule has 3 rings (SSSR count). The Bertz CT molecular complexity index is 718. The molecule has 136 valence electrons. The van der Waals surface area contributed by atoms with E-state index < -0.39 is 60.4 Å². The molecule has 0 bridgehead atoms. The minimum absolute atomic E-state index is 0.0263. The van der Waals surface area contributed by atoms with Gasteiger partial charge < -0.3 is 20.5 Å². The number of carbonyl (C=O) groups is 4. The summed E-state index contributed by atoms with van der Waals surface area (Å²) in [7, 11) is 0. The molecule has 2 saturated heterocycles. The van der Waals surface area contributed by atoms with Crippen molar-refractivity contribution in [2.24, 2.45) is 11.7 Å². The second-order valence-electron chi connectivity index (χ2n) is 5.93. The number of aliphatic carboxylic acids is 1. The maximum Gasteiger partial charge on any atom is 0.471 e. The van der Waals surface area contributed by atoms with Crippen molar-refractivity contribution in [3.63, 3.8) is 0 Å². The molecular formula is C13H12F3N3O6. The molecule has 3 amide bonds. The number of amides is 3. The zero-order chi connectivity index (χ0) is 18.7. The lowest BCUT2D eigenvalue weighted by molar-refractivity contribution is -0.190. The number of carboxylic acid groups (broad SMARTS) is 1. The Morgan fingerprint density at radius 1 is 1.32 bits per heavy atom. The summed E-state index contributed by atoms with van der Waals surface area (Å²) in [5.74, 6) is -5.09. The molecule has 12 heteroatoms. The van der Waals surface area contributed by atoms with E-state index in [2.05, 4.69) is 4.74 Å². The van der Waals surface area contributed by atoms with Gasteiger partial charge in [-0.3, -0.25) is 14.5 Å². The number of rotatable bonds is 3. The minimum atomic E-state index is -5.13. The Labute approximate surface area is 137 Å². The van der Waals surface area contributed by atoms with Gasteiger partial charge in [0, 0.05) is 12.5 Å². The number of ether oxygens (including phenoxy) is 1. The van der Waals surface area contributed by atoms with Gasteiger partial charge in [0.1, 0.15) is 18.3 Å². The fourth-order valence-corrected chi connectivity index (χ4v) is 3.70. The fraction of sp³-hybridized carbons (Fsp3) is 0.538. The topological polar surface area (TPSA) is 130 Å². The molecule has 0 saturated carbocycles. The third-order valence-corrected chi connectivity index (χ3v) is 4.54. The van der Waals surface area contributed by atoms with Crippen molar-refractivity contribution in [2.45, 2.75) is 24.7 Å². The fourth-order valence-electron chi connectivity index (χ4n) is 3.70. The SMILES string of the molecule is NC(=O)OCC1=C(C(=O)O)N2C(=O)[C@@H]3[C@H]2[C@H](C1)CN3C(=O)C(F)(F)F. The highest BCUT2D eigenvalue weighted by Gasteiger charge is 2.66. The molecule has 9 nitrogen and oxygen atoms in total. The molecule has 0 aliphatic carbocycles. The van der Waals surface area contributed by atoms with E-state index in [1.807, 2.05) is 0 Å². The van der Waals surface area contributed by atoms with Crippen LogP contribution >= 0.6 is 0 Å². The zero-order valence-electron chi connectivity index (χ0n) is 12.4. The zero-order valence-corrected chi connectivity index (χ0v) is 12.4. The maximum atomic E-state index is 12.7. The van der Waals surface area contributed by atoms with Gasteiger partial charge in [-0.15, -0.1) is 0 Å². The number of nitrogens with zero attached hydrogens (tertiary/aromatic N) is 2. The van der Waals surface area contributed by atoms with Gasteiger partial charge in [0.2, 0.25) is 0 Å². The lowest BCUT2D eigenvalue weighted by Crippen LogP contribution is -2.70. The second kappa shape index (κ2) is 5.36. The number of alkyl halides is 3. The van der Waals surface area contributed by atoms with E-state index in [0.29, 0.717) is 4.90 Å². The average Bonchev–Trinajstić information content (AvgIpc) is 2.85. The van der Waals surface area contributed by atoms with Gasteiger partial charge in [-0.25, -0.2) is 9.59 Å². The van der Waals surface area contributed by atoms with E-state index in [-0.39, 0.29) is 18.5 Å². The number of β-lactam (4-membered cyclic amide) rings is 1. The van der Waals surface area contributed by atoms with E-state index in [0.717, 1.165) is 4.90 Å². The summed E-state index contributed by atoms with van der Waals surface area (Å²) < 4.78 is 42.6. The van der Waals surface area contributed by atoms with Crippen molar-refractivity contribution in [3.8, 4) is 0 Å². The lowest BCUT2D eigenvalue weighted by Gasteiger charge is -2.49. The van der Waals surface area contributed by atoms with Crippen LogP contribution < -0.4 is 5.73 Å². The molecule has 2 fully saturated rings. The highest BCUT2D eigenvalue weighted by atomic mass is 19.4. The summed E-state index contributed by atoms with van der Waals surface area (Å²) in [5, 5.41) is 9.33. The van der Waals surface area contributed by atoms with E-state index >= 15 is 0 Å². The molecule has 0 radical (unpaired) electrons. The molecule has 0 unspecified atom stereocenters. The van der Waals surface area contributed by atoms with E-state index in [1.54, 1.807) is 0 Å². The molecule has 25 heavy (non-hydrogen) atoms. The van der Waals surface area contributed by atoms with Crippen LogP contribution in [0.4, 0.5) is 18.0 Å². The van der Waals surface area contributed by atoms with Crippen molar-refractivity contribution < 1.29 is 42.2 Å². The van der Waals surface area contributed by atoms with E-state index in [9.17, 15) is 37.5 Å². The van der Waals surface area contributed by atoms with Crippen LogP contribution in [0.3, 0.4) is 0 Å². The van der Waals surface area contributed by atoms with Gasteiger partial charge in [0.05, 0.1) is 6.04 Å². The normalized spacial score (nSPS) is 27.8. The molecular weight excluding hydrogens is 351 g/mol. The molecule has 0 aromatic heterocycles. The smallest absolute Gasteiger partial charge is 0.471 e. The van der Waals surface area contributed by atoms with Gasteiger partial charge in [0.25, 0.3) is 5.91 Å². The summed E-state index contributed by atoms with van der Waals surface area (Å²) in [5.41, 5.74) is 4.45. The maximum absolute atomic E-state index is 12.7. The molecule has 0 spiro atoms. The molecule has 3 aliphatic rings. The Morgan fingerprint density at radius 2 is 1.96 bits per heavy atom. The van der Waals surface area contributed by atoms with E-state index in [4.69, 9.17) is 5.73 Å². The van der Waals surface area contributed by atoms with Crippen LogP contribution in [0.5, 0.6) is 0 Å². The van der Waals surface area contributed by atoms with Crippen LogP contribution in [0, 0.1) is 5.92 Å². The van der Waals surface area contributed by atoms with Gasteiger partial charge >= 0.3 is 24.1 Å². The number of likely N-dealkylation sites (tertiary alicyclic amines) is 1. The lowest BCUT2D eigenvalue weighted by atomic mass is 9.79. The van der Waals surface area contributed by atoms with Crippen LogP contribution in [0.25, 0.3) is 0 Å². The van der Waals surface area contributed by atoms with Crippen molar-refractivity contribution >= 4 is 23.9 Å². The van der Waals surface area contributed by atoms with Crippen LogP contribution in [0.1, 0.15) is 6.42 Å². The number of carbonyl (C=O) groups excluding carboxylic acids is 3. The van der Waals surface area contributed by atoms with Crippen LogP contribution in [0.15, 0.2) is 11.3 Å². The van der Waals surface area contributed by atoms with Gasteiger partial charge in [0.15, 0.2) is 0 Å². The Hall–Kier alpha value is -2.79. The number of primary amides is 1. The van der Waals surface area contributed by atoms with Crippen LogP contribution in [0.2, 0.25) is 0 Å². The second-order valence-corrected chi connectivity index (χ2v) is 5.93. The van der Waals surface area contributed by atoms with Gasteiger partial charge in [-0.2, -0.15) is 13.2 Å². The molecule has 3 N–H and O–H groups in total. The minimum Gasteiger partial charge on any atom is -0.477 e. The van der Waals surface area contributed by atoms with Crippen LogP contribution in [-0.2, 0) is 19.1 Å². The van der Waals surface area contributed by atoms with Crippen molar-refractivity contribution in [3.05, 3.63) is 11.3 Å². The van der Waals surface area contributed by atoms with Gasteiger partial charge in [-0.1, -0.05) is 0 Å². The third kappa shape index (κ3) is 2.48. The largest absolute Gasteiger partial charge is 0.477 e. The third-order valence-electron chi connectivity index (χ3n) is 4.54. The Kier molecular flexibility index (Phi) is 3.65. The highest BCUT2D eigenvalue weighted by molar-refractivity contribution is 6.03. The predicted molar refractivity (Wildman–Crippen MR) is 70.5 cm³/mol. The molecule has 0 aromatic rings. The quantitative estimate of drug-likeness (QED) is 0.646.